The molecule has 0 spiro atoms. The second-order valence-electron chi connectivity index (χ2n) is 7.22. The van der Waals surface area contributed by atoms with E-state index in [9.17, 15) is 14.0 Å². The first-order chi connectivity index (χ1) is 16.6. The van der Waals surface area contributed by atoms with Gasteiger partial charge in [0.05, 0.1) is 23.9 Å². The predicted molar refractivity (Wildman–Crippen MR) is 128 cm³/mol. The molecule has 0 unspecified atom stereocenters. The van der Waals surface area contributed by atoms with Crippen molar-refractivity contribution in [1.82, 2.24) is 5.43 Å². The van der Waals surface area contributed by atoms with Crippen molar-refractivity contribution in [2.45, 2.75) is 6.92 Å². The second kappa shape index (κ2) is 10.4. The Labute approximate surface area is 195 Å². The maximum atomic E-state index is 13.9. The maximum Gasteiger partial charge on any atom is 0.343 e. The zero-order valence-corrected chi connectivity index (χ0v) is 18.3. The van der Waals surface area contributed by atoms with Gasteiger partial charge < -0.3 is 9.47 Å². The van der Waals surface area contributed by atoms with Gasteiger partial charge in [-0.15, -0.1) is 0 Å². The minimum absolute atomic E-state index is 0.125. The van der Waals surface area contributed by atoms with E-state index in [-0.39, 0.29) is 11.3 Å². The summed E-state index contributed by atoms with van der Waals surface area (Å²) in [6.07, 6.45) is 1.38. The molecule has 0 heterocycles. The summed E-state index contributed by atoms with van der Waals surface area (Å²) in [5.41, 5.74) is 3.04. The summed E-state index contributed by atoms with van der Waals surface area (Å²) in [5, 5.41) is 5.64. The van der Waals surface area contributed by atoms with Crippen molar-refractivity contribution in [2.75, 3.05) is 6.61 Å². The lowest BCUT2D eigenvalue weighted by Gasteiger charge is -2.11. The molecule has 4 rings (SSSR count). The molecule has 0 aromatic heterocycles. The Bertz CT molecular complexity index is 1370. The number of halogens is 1. The third kappa shape index (κ3) is 5.10. The van der Waals surface area contributed by atoms with Crippen LogP contribution in [0.1, 0.15) is 33.2 Å². The summed E-state index contributed by atoms with van der Waals surface area (Å²) < 4.78 is 24.9. The van der Waals surface area contributed by atoms with Crippen LogP contribution in [0.3, 0.4) is 0 Å². The summed E-state index contributed by atoms with van der Waals surface area (Å²) in [5.74, 6) is -0.971. The van der Waals surface area contributed by atoms with Gasteiger partial charge in [0, 0.05) is 5.56 Å². The molecule has 0 atom stereocenters. The molecule has 7 heteroatoms. The van der Waals surface area contributed by atoms with Gasteiger partial charge in [-0.1, -0.05) is 42.5 Å². The second-order valence-corrected chi connectivity index (χ2v) is 7.22. The van der Waals surface area contributed by atoms with E-state index < -0.39 is 17.7 Å². The fourth-order valence-electron chi connectivity index (χ4n) is 3.37. The highest BCUT2D eigenvalue weighted by Crippen LogP contribution is 2.27. The molecule has 0 aliphatic carbocycles. The van der Waals surface area contributed by atoms with Gasteiger partial charge in [0.2, 0.25) is 0 Å². The van der Waals surface area contributed by atoms with E-state index in [4.69, 9.17) is 9.47 Å². The smallest absolute Gasteiger partial charge is 0.343 e. The zero-order valence-electron chi connectivity index (χ0n) is 18.3. The van der Waals surface area contributed by atoms with Crippen LogP contribution in [0.15, 0.2) is 90.0 Å². The lowest BCUT2D eigenvalue weighted by atomic mass is 10.0. The molecule has 0 aliphatic heterocycles. The highest BCUT2D eigenvalue weighted by molar-refractivity contribution is 6.04. The highest BCUT2D eigenvalue weighted by Gasteiger charge is 2.14. The van der Waals surface area contributed by atoms with Crippen molar-refractivity contribution >= 4 is 28.9 Å². The molecule has 0 saturated heterocycles. The number of hydrogen-bond donors (Lipinski definition) is 1. The van der Waals surface area contributed by atoms with Crippen molar-refractivity contribution in [3.05, 3.63) is 107 Å². The number of carbonyl (C=O) groups excluding carboxylic acids is 2. The van der Waals surface area contributed by atoms with E-state index in [0.717, 1.165) is 10.8 Å². The van der Waals surface area contributed by atoms with Crippen LogP contribution in [-0.4, -0.2) is 24.7 Å². The fraction of sp³-hybridized carbons (Fsp3) is 0.0741. The Morgan fingerprint density at radius 3 is 2.44 bits per heavy atom. The Kier molecular flexibility index (Phi) is 6.93. The monoisotopic (exact) mass is 456 g/mol. The van der Waals surface area contributed by atoms with E-state index in [2.05, 4.69) is 10.5 Å². The van der Waals surface area contributed by atoms with Crippen molar-refractivity contribution in [1.29, 1.82) is 0 Å². The molecule has 1 amide bonds. The third-order valence-electron chi connectivity index (χ3n) is 5.01. The number of carbonyl (C=O) groups is 2. The first-order valence-electron chi connectivity index (χ1n) is 10.6. The van der Waals surface area contributed by atoms with E-state index in [1.165, 1.54) is 24.4 Å². The number of ether oxygens (including phenoxy) is 2. The lowest BCUT2D eigenvalue weighted by Crippen LogP contribution is -2.19. The number of nitrogens with one attached hydrogen (secondary N) is 1. The van der Waals surface area contributed by atoms with Crippen molar-refractivity contribution in [3.63, 3.8) is 0 Å². The van der Waals surface area contributed by atoms with Crippen LogP contribution in [0.25, 0.3) is 10.8 Å². The summed E-state index contributed by atoms with van der Waals surface area (Å²) >= 11 is 0. The molecule has 6 nitrogen and oxygen atoms in total. The van der Waals surface area contributed by atoms with Gasteiger partial charge >= 0.3 is 5.97 Å². The molecule has 0 fully saturated rings. The molecule has 0 bridgehead atoms. The molecule has 0 saturated carbocycles. The molecular weight excluding hydrogens is 435 g/mol. The van der Waals surface area contributed by atoms with Crippen molar-refractivity contribution in [3.8, 4) is 11.5 Å². The summed E-state index contributed by atoms with van der Waals surface area (Å²) in [6, 6.07) is 23.2. The number of benzene rings is 4. The normalized spacial score (nSPS) is 10.9. The van der Waals surface area contributed by atoms with Crippen LogP contribution in [0.4, 0.5) is 4.39 Å². The molecule has 170 valence electrons. The predicted octanol–water partition coefficient (Wildman–Crippen LogP) is 5.36. The van der Waals surface area contributed by atoms with Gasteiger partial charge in [-0.3, -0.25) is 4.79 Å². The number of amides is 1. The number of fused-ring (bicyclic) bond motifs is 1. The molecule has 34 heavy (non-hydrogen) atoms. The zero-order chi connectivity index (χ0) is 23.9. The van der Waals surface area contributed by atoms with Gasteiger partial charge in [-0.25, -0.2) is 14.6 Å². The molecule has 0 radical (unpaired) electrons. The van der Waals surface area contributed by atoms with Crippen molar-refractivity contribution < 1.29 is 23.5 Å². The van der Waals surface area contributed by atoms with Gasteiger partial charge in [-0.2, -0.15) is 5.10 Å². The number of rotatable bonds is 7. The molecule has 0 aliphatic rings. The van der Waals surface area contributed by atoms with Crippen LogP contribution < -0.4 is 14.9 Å². The van der Waals surface area contributed by atoms with Crippen LogP contribution in [0, 0.1) is 5.82 Å². The standard InChI is InChI=1S/C27H21FN2O4/c1-2-33-20-14-11-19(12-15-20)27(32)34-25-16-13-18-7-3-4-8-21(18)23(25)17-29-30-26(31)22-9-5-6-10-24(22)28/h3-17H,2H2,1H3,(H,30,31). The van der Waals surface area contributed by atoms with Crippen molar-refractivity contribution in [2.24, 2.45) is 5.10 Å². The summed E-state index contributed by atoms with van der Waals surface area (Å²) in [7, 11) is 0. The number of hydrazone groups is 1. The topological polar surface area (TPSA) is 77.0 Å². The van der Waals surface area contributed by atoms with Crippen LogP contribution >= 0.6 is 0 Å². The minimum atomic E-state index is -0.692. The average Bonchev–Trinajstić information content (AvgIpc) is 2.86. The number of hydrogen-bond acceptors (Lipinski definition) is 5. The third-order valence-corrected chi connectivity index (χ3v) is 5.01. The van der Waals surface area contributed by atoms with Gasteiger partial charge in [0.15, 0.2) is 0 Å². The quantitative estimate of drug-likeness (QED) is 0.176. The number of esters is 1. The van der Waals surface area contributed by atoms with E-state index in [1.54, 1.807) is 36.4 Å². The van der Waals surface area contributed by atoms with E-state index >= 15 is 0 Å². The first kappa shape index (κ1) is 22.7. The SMILES string of the molecule is CCOc1ccc(C(=O)Oc2ccc3ccccc3c2C=NNC(=O)c2ccccc2F)cc1. The van der Waals surface area contributed by atoms with E-state index in [1.807, 2.05) is 37.3 Å². The Morgan fingerprint density at radius 1 is 0.941 bits per heavy atom. The van der Waals surface area contributed by atoms with Crippen LogP contribution in [0.2, 0.25) is 0 Å². The Morgan fingerprint density at radius 2 is 1.68 bits per heavy atom. The van der Waals surface area contributed by atoms with Gasteiger partial charge in [0.1, 0.15) is 17.3 Å². The maximum absolute atomic E-state index is 13.9. The fourth-order valence-corrected chi connectivity index (χ4v) is 3.37. The van der Waals surface area contributed by atoms with Gasteiger partial charge in [-0.05, 0) is 60.2 Å². The largest absolute Gasteiger partial charge is 0.494 e. The molecular formula is C27H21FN2O4. The average molecular weight is 456 g/mol. The minimum Gasteiger partial charge on any atom is -0.494 e. The highest BCUT2D eigenvalue weighted by atomic mass is 19.1. The summed E-state index contributed by atoms with van der Waals surface area (Å²) in [6.45, 7) is 2.40. The number of nitrogens with zero attached hydrogens (tertiary/aromatic N) is 1. The molecule has 4 aromatic carbocycles. The lowest BCUT2D eigenvalue weighted by molar-refractivity contribution is 0.0734. The first-order valence-corrected chi connectivity index (χ1v) is 10.6. The Hall–Kier alpha value is -4.52. The molecule has 1 N–H and O–H groups in total. The van der Waals surface area contributed by atoms with E-state index in [0.29, 0.717) is 23.5 Å². The Balaban J connectivity index is 1.60. The van der Waals surface area contributed by atoms with Crippen LogP contribution in [-0.2, 0) is 0 Å². The molecule has 4 aromatic rings. The van der Waals surface area contributed by atoms with Crippen LogP contribution in [0.5, 0.6) is 11.5 Å². The van der Waals surface area contributed by atoms with Gasteiger partial charge in [0.25, 0.3) is 5.91 Å². The summed E-state index contributed by atoms with van der Waals surface area (Å²) in [4.78, 5) is 25.0.